The zero-order valence-electron chi connectivity index (χ0n) is 15.6. The summed E-state index contributed by atoms with van der Waals surface area (Å²) < 4.78 is 31.5. The molecule has 0 bridgehead atoms. The van der Waals surface area contributed by atoms with Gasteiger partial charge in [0.25, 0.3) is 0 Å². The van der Waals surface area contributed by atoms with Crippen molar-refractivity contribution in [2.24, 2.45) is 11.7 Å². The summed E-state index contributed by atoms with van der Waals surface area (Å²) in [5, 5.41) is 8.92. The summed E-state index contributed by atoms with van der Waals surface area (Å²) in [5.74, 6) is -3.08. The first kappa shape index (κ1) is 19.3. The van der Waals surface area contributed by atoms with E-state index in [2.05, 4.69) is 0 Å². The third-order valence-electron chi connectivity index (χ3n) is 5.36. The van der Waals surface area contributed by atoms with Crippen molar-refractivity contribution < 1.29 is 18.7 Å². The lowest BCUT2D eigenvalue weighted by Gasteiger charge is -2.28. The standard InChI is InChI=1S/C19H23F2N3O3/c1-4-23-9-12(18(26)27)17(25)11-7-13(20)16(14(21)15(11)23)24-6-5-10(8-24)19(2,3)22/h7,9-10H,4-6,8,22H2,1-3H3,(H,26,27). The van der Waals surface area contributed by atoms with Gasteiger partial charge in [0, 0.05) is 31.4 Å². The van der Waals surface area contributed by atoms with Gasteiger partial charge in [-0.15, -0.1) is 0 Å². The van der Waals surface area contributed by atoms with Gasteiger partial charge in [0.05, 0.1) is 10.9 Å². The fraction of sp³-hybridized carbons (Fsp3) is 0.474. The number of nitrogens with two attached hydrogens (primary N) is 1. The first-order chi connectivity index (χ1) is 12.6. The van der Waals surface area contributed by atoms with Crippen LogP contribution in [0.5, 0.6) is 0 Å². The zero-order valence-corrected chi connectivity index (χ0v) is 15.6. The van der Waals surface area contributed by atoms with E-state index in [4.69, 9.17) is 5.73 Å². The number of pyridine rings is 1. The molecule has 3 N–H and O–H groups in total. The highest BCUT2D eigenvalue weighted by Gasteiger charge is 2.35. The normalized spacial score (nSPS) is 17.7. The Hall–Kier alpha value is -2.48. The number of aromatic nitrogens is 1. The second-order valence-corrected chi connectivity index (χ2v) is 7.63. The summed E-state index contributed by atoms with van der Waals surface area (Å²) in [6, 6.07) is 0.940. The summed E-state index contributed by atoms with van der Waals surface area (Å²) >= 11 is 0. The van der Waals surface area contributed by atoms with Gasteiger partial charge < -0.3 is 20.3 Å². The molecule has 1 aliphatic rings. The van der Waals surface area contributed by atoms with Gasteiger partial charge in [0.2, 0.25) is 5.43 Å². The van der Waals surface area contributed by atoms with Crippen LogP contribution in [0.4, 0.5) is 14.5 Å². The fourth-order valence-corrected chi connectivity index (χ4v) is 3.74. The second-order valence-electron chi connectivity index (χ2n) is 7.63. The Morgan fingerprint density at radius 3 is 2.59 bits per heavy atom. The molecule has 0 amide bonds. The van der Waals surface area contributed by atoms with Gasteiger partial charge in [-0.1, -0.05) is 0 Å². The predicted molar refractivity (Wildman–Crippen MR) is 99.3 cm³/mol. The molecular formula is C19H23F2N3O3. The monoisotopic (exact) mass is 379 g/mol. The maximum absolute atomic E-state index is 15.3. The Kier molecular flexibility index (Phi) is 4.71. The molecule has 3 rings (SSSR count). The SMILES string of the molecule is CCn1cc(C(=O)O)c(=O)c2cc(F)c(N3CCC(C(C)(C)N)C3)c(F)c21. The van der Waals surface area contributed by atoms with Crippen molar-refractivity contribution in [3.8, 4) is 0 Å². The number of benzene rings is 1. The largest absolute Gasteiger partial charge is 0.477 e. The number of anilines is 1. The minimum Gasteiger partial charge on any atom is -0.477 e. The Labute approximate surface area is 155 Å². The number of hydrogen-bond acceptors (Lipinski definition) is 4. The maximum atomic E-state index is 15.3. The second kappa shape index (κ2) is 6.60. The first-order valence-electron chi connectivity index (χ1n) is 8.88. The van der Waals surface area contributed by atoms with Crippen molar-refractivity contribution in [1.29, 1.82) is 0 Å². The van der Waals surface area contributed by atoms with Gasteiger partial charge in [-0.3, -0.25) is 4.79 Å². The lowest BCUT2D eigenvalue weighted by Crippen LogP contribution is -2.42. The molecule has 1 aromatic heterocycles. The van der Waals surface area contributed by atoms with Crippen LogP contribution in [0.25, 0.3) is 10.9 Å². The molecule has 0 aliphatic carbocycles. The van der Waals surface area contributed by atoms with Crippen LogP contribution in [0.3, 0.4) is 0 Å². The topological polar surface area (TPSA) is 88.6 Å². The number of rotatable bonds is 4. The average molecular weight is 379 g/mol. The van der Waals surface area contributed by atoms with E-state index in [0.717, 1.165) is 12.3 Å². The van der Waals surface area contributed by atoms with Crippen molar-refractivity contribution in [1.82, 2.24) is 4.57 Å². The molecule has 1 aromatic carbocycles. The number of carbonyl (C=O) groups is 1. The van der Waals surface area contributed by atoms with E-state index < -0.39 is 34.1 Å². The highest BCUT2D eigenvalue weighted by Crippen LogP contribution is 2.35. The molecule has 1 atom stereocenters. The molecule has 0 radical (unpaired) electrons. The van der Waals surface area contributed by atoms with E-state index in [-0.39, 0.29) is 29.1 Å². The zero-order chi connectivity index (χ0) is 20.1. The average Bonchev–Trinajstić information content (AvgIpc) is 3.05. The highest BCUT2D eigenvalue weighted by atomic mass is 19.1. The summed E-state index contributed by atoms with van der Waals surface area (Å²) in [6.45, 7) is 6.56. The quantitative estimate of drug-likeness (QED) is 0.852. The molecule has 0 spiro atoms. The highest BCUT2D eigenvalue weighted by molar-refractivity contribution is 5.93. The fourth-order valence-electron chi connectivity index (χ4n) is 3.74. The molecule has 8 heteroatoms. The molecular weight excluding hydrogens is 356 g/mol. The van der Waals surface area contributed by atoms with Crippen LogP contribution in [0.2, 0.25) is 0 Å². The Morgan fingerprint density at radius 2 is 2.07 bits per heavy atom. The number of aryl methyl sites for hydroxylation is 1. The van der Waals surface area contributed by atoms with Crippen molar-refractivity contribution in [3.63, 3.8) is 0 Å². The molecule has 0 saturated carbocycles. The van der Waals surface area contributed by atoms with Crippen LogP contribution < -0.4 is 16.1 Å². The summed E-state index contributed by atoms with van der Waals surface area (Å²) in [6.07, 6.45) is 1.81. The Bertz CT molecular complexity index is 979. The third kappa shape index (κ3) is 3.18. The molecule has 146 valence electrons. The third-order valence-corrected chi connectivity index (χ3v) is 5.36. The summed E-state index contributed by atoms with van der Waals surface area (Å²) in [4.78, 5) is 25.3. The van der Waals surface area contributed by atoms with Gasteiger partial charge in [-0.2, -0.15) is 0 Å². The lowest BCUT2D eigenvalue weighted by molar-refractivity contribution is 0.0695. The lowest BCUT2D eigenvalue weighted by atomic mass is 9.88. The van der Waals surface area contributed by atoms with Crippen LogP contribution in [-0.2, 0) is 6.54 Å². The number of fused-ring (bicyclic) bond motifs is 1. The smallest absolute Gasteiger partial charge is 0.341 e. The van der Waals surface area contributed by atoms with Gasteiger partial charge in [-0.05, 0) is 39.2 Å². The molecule has 1 saturated heterocycles. The number of carboxylic acids is 1. The first-order valence-corrected chi connectivity index (χ1v) is 8.88. The summed E-state index contributed by atoms with van der Waals surface area (Å²) in [5.41, 5.74) is 3.99. The van der Waals surface area contributed by atoms with E-state index in [9.17, 15) is 19.1 Å². The number of nitrogens with zero attached hydrogens (tertiary/aromatic N) is 2. The van der Waals surface area contributed by atoms with Crippen LogP contribution in [-0.4, -0.2) is 34.3 Å². The van der Waals surface area contributed by atoms with Crippen LogP contribution in [0, 0.1) is 17.6 Å². The van der Waals surface area contributed by atoms with Crippen LogP contribution >= 0.6 is 0 Å². The number of aromatic carboxylic acids is 1. The van der Waals surface area contributed by atoms with Gasteiger partial charge in [0.1, 0.15) is 17.1 Å². The molecule has 2 heterocycles. The van der Waals surface area contributed by atoms with E-state index in [0.29, 0.717) is 19.5 Å². The minimum absolute atomic E-state index is 0.0785. The van der Waals surface area contributed by atoms with Gasteiger partial charge >= 0.3 is 5.97 Å². The minimum atomic E-state index is -1.43. The molecule has 2 aromatic rings. The Balaban J connectivity index is 2.22. The van der Waals surface area contributed by atoms with Crippen LogP contribution in [0.15, 0.2) is 17.1 Å². The summed E-state index contributed by atoms with van der Waals surface area (Å²) in [7, 11) is 0. The van der Waals surface area contributed by atoms with Crippen molar-refractivity contribution in [2.75, 3.05) is 18.0 Å². The predicted octanol–water partition coefficient (Wildman–Crippen LogP) is 2.56. The van der Waals surface area contributed by atoms with Crippen molar-refractivity contribution in [3.05, 3.63) is 39.7 Å². The van der Waals surface area contributed by atoms with Crippen LogP contribution in [0.1, 0.15) is 37.6 Å². The number of halogens is 2. The van der Waals surface area contributed by atoms with E-state index in [1.54, 1.807) is 11.8 Å². The molecule has 1 fully saturated rings. The maximum Gasteiger partial charge on any atom is 0.341 e. The molecule has 27 heavy (non-hydrogen) atoms. The number of carboxylic acid groups (broad SMARTS) is 1. The van der Waals surface area contributed by atoms with Crippen molar-refractivity contribution >= 4 is 22.6 Å². The molecule has 1 unspecified atom stereocenters. The van der Waals surface area contributed by atoms with E-state index in [1.807, 2.05) is 13.8 Å². The van der Waals surface area contributed by atoms with Gasteiger partial charge in [-0.25, -0.2) is 13.6 Å². The van der Waals surface area contributed by atoms with E-state index >= 15 is 4.39 Å². The van der Waals surface area contributed by atoms with Gasteiger partial charge in [0.15, 0.2) is 5.82 Å². The number of hydrogen-bond donors (Lipinski definition) is 2. The van der Waals surface area contributed by atoms with E-state index in [1.165, 1.54) is 4.57 Å². The van der Waals surface area contributed by atoms with Crippen molar-refractivity contribution in [2.45, 2.75) is 39.3 Å². The molecule has 6 nitrogen and oxygen atoms in total. The molecule has 1 aliphatic heterocycles. The Morgan fingerprint density at radius 1 is 1.41 bits per heavy atom.